The van der Waals surface area contributed by atoms with Crippen LogP contribution in [0.2, 0.25) is 0 Å². The Morgan fingerprint density at radius 1 is 1.23 bits per heavy atom. The van der Waals surface area contributed by atoms with Crippen molar-refractivity contribution in [1.82, 2.24) is 0 Å². The van der Waals surface area contributed by atoms with E-state index in [4.69, 9.17) is 0 Å². The zero-order valence-electron chi connectivity index (χ0n) is 6.94. The maximum Gasteiger partial charge on any atom is 0.137 e. The lowest BCUT2D eigenvalue weighted by Gasteiger charge is -2.15. The first-order chi connectivity index (χ1) is 6.16. The van der Waals surface area contributed by atoms with Crippen molar-refractivity contribution < 1.29 is 4.79 Å². The molecule has 0 saturated carbocycles. The molecule has 1 nitrogen and oxygen atoms in total. The third-order valence-electron chi connectivity index (χ3n) is 2.30. The minimum Gasteiger partial charge on any atom is -0.299 e. The molecule has 13 heavy (non-hydrogen) atoms. The van der Waals surface area contributed by atoms with Gasteiger partial charge in [0.2, 0.25) is 0 Å². The zero-order chi connectivity index (χ0) is 9.42. The van der Waals surface area contributed by atoms with Crippen LogP contribution in [0.1, 0.15) is 17.5 Å². The van der Waals surface area contributed by atoms with E-state index in [-0.39, 0.29) is 0 Å². The van der Waals surface area contributed by atoms with Gasteiger partial charge in [0.1, 0.15) is 5.78 Å². The average molecular weight is 351 g/mol. The van der Waals surface area contributed by atoms with Crippen molar-refractivity contribution in [2.75, 3.05) is 0 Å². The lowest BCUT2D eigenvalue weighted by Crippen LogP contribution is -2.13. The minimum absolute atomic E-state index is 0.362. The van der Waals surface area contributed by atoms with Crippen molar-refractivity contribution in [3.05, 3.63) is 31.3 Å². The lowest BCUT2D eigenvalue weighted by molar-refractivity contribution is -0.118. The van der Waals surface area contributed by atoms with Crippen LogP contribution in [0.3, 0.4) is 0 Å². The topological polar surface area (TPSA) is 17.1 Å². The van der Waals surface area contributed by atoms with Gasteiger partial charge in [-0.2, -0.15) is 0 Å². The molecule has 0 spiro atoms. The Labute approximate surface area is 99.2 Å². The van der Waals surface area contributed by atoms with Crippen LogP contribution >= 0.6 is 38.5 Å². The molecular formula is C10H8BrIO. The molecule has 0 heterocycles. The molecule has 1 aliphatic rings. The SMILES string of the molecule is O=C1CCc2cc(I)c(Br)cc2C1. The second kappa shape index (κ2) is 3.69. The second-order valence-corrected chi connectivity index (χ2v) is 5.27. The summed E-state index contributed by atoms with van der Waals surface area (Å²) >= 11 is 5.78. The summed E-state index contributed by atoms with van der Waals surface area (Å²) in [6.07, 6.45) is 2.24. The maximum absolute atomic E-state index is 11.2. The average Bonchev–Trinajstić information content (AvgIpc) is 2.08. The van der Waals surface area contributed by atoms with Crippen molar-refractivity contribution in [2.24, 2.45) is 0 Å². The molecule has 0 bridgehead atoms. The van der Waals surface area contributed by atoms with Gasteiger partial charge in [-0.3, -0.25) is 4.79 Å². The van der Waals surface area contributed by atoms with E-state index < -0.39 is 0 Å². The van der Waals surface area contributed by atoms with Gasteiger partial charge in [0, 0.05) is 20.9 Å². The molecule has 0 aromatic heterocycles. The van der Waals surface area contributed by atoms with Crippen molar-refractivity contribution in [3.8, 4) is 0 Å². The number of hydrogen-bond donors (Lipinski definition) is 0. The van der Waals surface area contributed by atoms with Gasteiger partial charge in [-0.1, -0.05) is 0 Å². The second-order valence-electron chi connectivity index (χ2n) is 3.25. The fraction of sp³-hybridized carbons (Fsp3) is 0.300. The smallest absolute Gasteiger partial charge is 0.137 e. The van der Waals surface area contributed by atoms with Gasteiger partial charge in [-0.15, -0.1) is 0 Å². The fourth-order valence-electron chi connectivity index (χ4n) is 1.60. The molecule has 1 aliphatic carbocycles. The number of hydrogen-bond acceptors (Lipinski definition) is 1. The standard InChI is InChI=1S/C10H8BrIO/c11-9-4-7-3-8(13)2-1-6(7)5-10(9)12/h4-5H,1-3H2. The highest BCUT2D eigenvalue weighted by molar-refractivity contribution is 14.1. The molecule has 0 atom stereocenters. The molecule has 68 valence electrons. The highest BCUT2D eigenvalue weighted by Gasteiger charge is 2.16. The molecule has 3 heteroatoms. The van der Waals surface area contributed by atoms with Gasteiger partial charge in [0.05, 0.1) is 0 Å². The van der Waals surface area contributed by atoms with Crippen LogP contribution in [-0.2, 0) is 17.6 Å². The van der Waals surface area contributed by atoms with Crippen molar-refractivity contribution in [1.29, 1.82) is 0 Å². The van der Waals surface area contributed by atoms with Gasteiger partial charge >= 0.3 is 0 Å². The molecule has 2 rings (SSSR count). The molecule has 0 N–H and O–H groups in total. The summed E-state index contributed by atoms with van der Waals surface area (Å²) in [7, 11) is 0. The molecule has 0 amide bonds. The van der Waals surface area contributed by atoms with Gasteiger partial charge in [0.25, 0.3) is 0 Å². The van der Waals surface area contributed by atoms with Gasteiger partial charge < -0.3 is 0 Å². The normalized spacial score (nSPS) is 15.7. The number of rotatable bonds is 0. The molecule has 0 unspecified atom stereocenters. The summed E-state index contributed by atoms with van der Waals surface area (Å²) in [6, 6.07) is 4.25. The van der Waals surface area contributed by atoms with Crippen LogP contribution in [0.4, 0.5) is 0 Å². The van der Waals surface area contributed by atoms with Crippen molar-refractivity contribution in [3.63, 3.8) is 0 Å². The van der Waals surface area contributed by atoms with E-state index >= 15 is 0 Å². The fourth-order valence-corrected chi connectivity index (χ4v) is 2.52. The number of carbonyl (C=O) groups excluding carboxylic acids is 1. The quantitative estimate of drug-likeness (QED) is 0.657. The Balaban J connectivity index is 2.49. The predicted octanol–water partition coefficient (Wildman–Crippen LogP) is 3.11. The van der Waals surface area contributed by atoms with E-state index in [2.05, 4.69) is 50.7 Å². The Morgan fingerprint density at radius 2 is 2.00 bits per heavy atom. The molecule has 1 aromatic rings. The summed E-state index contributed by atoms with van der Waals surface area (Å²) in [4.78, 5) is 11.2. The first kappa shape index (κ1) is 9.65. The summed E-state index contributed by atoms with van der Waals surface area (Å²) in [5.74, 6) is 0.362. The summed E-state index contributed by atoms with van der Waals surface area (Å²) < 4.78 is 2.33. The molecule has 0 fully saturated rings. The molecule has 0 saturated heterocycles. The predicted molar refractivity (Wildman–Crippen MR) is 63.9 cm³/mol. The Morgan fingerprint density at radius 3 is 2.77 bits per heavy atom. The molecule has 0 aliphatic heterocycles. The first-order valence-electron chi connectivity index (χ1n) is 4.15. The third kappa shape index (κ3) is 1.96. The number of fused-ring (bicyclic) bond motifs is 1. The van der Waals surface area contributed by atoms with E-state index in [9.17, 15) is 4.79 Å². The number of benzene rings is 1. The van der Waals surface area contributed by atoms with E-state index in [1.165, 1.54) is 14.7 Å². The molecule has 0 radical (unpaired) electrons. The van der Waals surface area contributed by atoms with Crippen molar-refractivity contribution >= 4 is 44.3 Å². The summed E-state index contributed by atoms with van der Waals surface area (Å²) in [6.45, 7) is 0. The monoisotopic (exact) mass is 350 g/mol. The van der Waals surface area contributed by atoms with Crippen LogP contribution in [0.15, 0.2) is 16.6 Å². The van der Waals surface area contributed by atoms with Crippen LogP contribution < -0.4 is 0 Å². The zero-order valence-corrected chi connectivity index (χ0v) is 10.7. The summed E-state index contributed by atoms with van der Waals surface area (Å²) in [5.41, 5.74) is 2.54. The van der Waals surface area contributed by atoms with Gasteiger partial charge in [0.15, 0.2) is 0 Å². The van der Waals surface area contributed by atoms with Crippen LogP contribution in [0.25, 0.3) is 0 Å². The van der Waals surface area contributed by atoms with Crippen LogP contribution in [-0.4, -0.2) is 5.78 Å². The Bertz CT molecular complexity index is 373. The number of ketones is 1. The highest BCUT2D eigenvalue weighted by Crippen LogP contribution is 2.27. The lowest BCUT2D eigenvalue weighted by atomic mass is 9.91. The highest BCUT2D eigenvalue weighted by atomic mass is 127. The number of halogens is 2. The molecular weight excluding hydrogens is 343 g/mol. The van der Waals surface area contributed by atoms with Gasteiger partial charge in [-0.25, -0.2) is 0 Å². The summed E-state index contributed by atoms with van der Waals surface area (Å²) in [5, 5.41) is 0. The van der Waals surface area contributed by atoms with E-state index in [1.807, 2.05) is 0 Å². The minimum atomic E-state index is 0.362. The number of Topliss-reactive ketones (excluding diaryl/α,β-unsaturated/α-hetero) is 1. The third-order valence-corrected chi connectivity index (χ3v) is 4.59. The van der Waals surface area contributed by atoms with Gasteiger partial charge in [-0.05, 0) is 68.2 Å². The number of aryl methyl sites for hydroxylation is 1. The van der Waals surface area contributed by atoms with E-state index in [1.54, 1.807) is 0 Å². The van der Waals surface area contributed by atoms with E-state index in [0.717, 1.165) is 10.9 Å². The first-order valence-corrected chi connectivity index (χ1v) is 6.02. The maximum atomic E-state index is 11.2. The largest absolute Gasteiger partial charge is 0.299 e. The Hall–Kier alpha value is 0.1000. The van der Waals surface area contributed by atoms with Crippen molar-refractivity contribution in [2.45, 2.75) is 19.3 Å². The van der Waals surface area contributed by atoms with Crippen LogP contribution in [0, 0.1) is 3.57 Å². The van der Waals surface area contributed by atoms with Crippen LogP contribution in [0.5, 0.6) is 0 Å². The number of carbonyl (C=O) groups is 1. The van der Waals surface area contributed by atoms with E-state index in [0.29, 0.717) is 18.6 Å². The molecule has 1 aromatic carbocycles. The Kier molecular flexibility index (Phi) is 2.74.